The zero-order valence-corrected chi connectivity index (χ0v) is 9.99. The average molecular weight is 270 g/mol. The molecule has 0 bridgehead atoms. The molecule has 1 aliphatic heterocycles. The van der Waals surface area contributed by atoms with Crippen LogP contribution in [0.15, 0.2) is 16.1 Å². The smallest absolute Gasteiger partial charge is 0.276 e. The Labute approximate surface area is 105 Å². The summed E-state index contributed by atoms with van der Waals surface area (Å²) in [5.41, 5.74) is 3.38. The van der Waals surface area contributed by atoms with Crippen molar-refractivity contribution in [2.24, 2.45) is 0 Å². The third kappa shape index (κ3) is 2.36. The van der Waals surface area contributed by atoms with Gasteiger partial charge in [-0.1, -0.05) is 11.8 Å². The predicted molar refractivity (Wildman–Crippen MR) is 61.9 cm³/mol. The predicted octanol–water partition coefficient (Wildman–Crippen LogP) is -1.90. The van der Waals surface area contributed by atoms with Gasteiger partial charge in [0.05, 0.1) is 0 Å². The van der Waals surface area contributed by atoms with Crippen LogP contribution in [0.5, 0.6) is 0 Å². The van der Waals surface area contributed by atoms with Crippen LogP contribution >= 0.6 is 11.8 Å². The van der Waals surface area contributed by atoms with E-state index >= 15 is 0 Å². The van der Waals surface area contributed by atoms with Crippen molar-refractivity contribution < 1.29 is 14.7 Å². The number of carbonyl (C=O) groups is 2. The molecule has 0 spiro atoms. The van der Waals surface area contributed by atoms with Gasteiger partial charge in [-0.15, -0.1) is 0 Å². The molecular formula is C9H10N4O4S. The van der Waals surface area contributed by atoms with Gasteiger partial charge in [0.25, 0.3) is 17.4 Å². The van der Waals surface area contributed by atoms with E-state index in [9.17, 15) is 14.4 Å². The summed E-state index contributed by atoms with van der Waals surface area (Å²) in [5, 5.41) is 9.03. The second-order valence-electron chi connectivity index (χ2n) is 3.42. The number of amides is 2. The molecule has 2 heterocycles. The normalized spacial score (nSPS) is 12.9. The highest BCUT2D eigenvalue weighted by Crippen LogP contribution is 2.20. The minimum absolute atomic E-state index is 0.153. The lowest BCUT2D eigenvalue weighted by Gasteiger charge is -2.07. The first-order valence-corrected chi connectivity index (χ1v) is 6.04. The number of aliphatic hydroxyl groups excluding tert-OH is 1. The monoisotopic (exact) mass is 270 g/mol. The standard InChI is InChI=1S/C9H10N4O4S/c14-4-6(15)11-12-7(16)5-3-10-9-13(8(5)17)1-2-18-9/h3,14H,1-2,4H2,(H,11,15)(H,12,16). The number of rotatable bonds is 2. The first-order valence-electron chi connectivity index (χ1n) is 5.06. The first-order chi connectivity index (χ1) is 8.63. The first kappa shape index (κ1) is 12.6. The fourth-order valence-corrected chi connectivity index (χ4v) is 2.32. The maximum atomic E-state index is 11.9. The number of hydrogen-bond acceptors (Lipinski definition) is 6. The molecule has 1 aliphatic rings. The van der Waals surface area contributed by atoms with E-state index in [0.717, 1.165) is 5.75 Å². The molecule has 9 heteroatoms. The molecule has 0 fully saturated rings. The van der Waals surface area contributed by atoms with E-state index in [4.69, 9.17) is 5.11 Å². The van der Waals surface area contributed by atoms with Crippen molar-refractivity contribution in [1.82, 2.24) is 20.4 Å². The highest BCUT2D eigenvalue weighted by Gasteiger charge is 2.19. The Morgan fingerprint density at radius 2 is 2.28 bits per heavy atom. The van der Waals surface area contributed by atoms with Crippen LogP contribution in [0.1, 0.15) is 10.4 Å². The van der Waals surface area contributed by atoms with Gasteiger partial charge in [0.15, 0.2) is 5.16 Å². The topological polar surface area (TPSA) is 113 Å². The maximum absolute atomic E-state index is 11.9. The Morgan fingerprint density at radius 3 is 3.00 bits per heavy atom. The van der Waals surface area contributed by atoms with Crippen molar-refractivity contribution in [1.29, 1.82) is 0 Å². The summed E-state index contributed by atoms with van der Waals surface area (Å²) in [4.78, 5) is 38.3. The summed E-state index contributed by atoms with van der Waals surface area (Å²) in [6.45, 7) is -0.242. The number of nitrogens with one attached hydrogen (secondary N) is 2. The highest BCUT2D eigenvalue weighted by molar-refractivity contribution is 7.99. The molecule has 0 aromatic carbocycles. The van der Waals surface area contributed by atoms with Crippen molar-refractivity contribution in [3.8, 4) is 0 Å². The van der Waals surface area contributed by atoms with Crippen LogP contribution in [0.3, 0.4) is 0 Å². The number of carbonyl (C=O) groups excluding carboxylic acids is 2. The number of hydrogen-bond donors (Lipinski definition) is 3. The fourth-order valence-electron chi connectivity index (χ4n) is 1.41. The molecule has 0 saturated carbocycles. The van der Waals surface area contributed by atoms with Crippen LogP contribution < -0.4 is 16.4 Å². The highest BCUT2D eigenvalue weighted by atomic mass is 32.2. The number of hydrazine groups is 1. The number of aliphatic hydroxyl groups is 1. The summed E-state index contributed by atoms with van der Waals surface area (Å²) in [5.74, 6) is -0.788. The van der Waals surface area contributed by atoms with Crippen LogP contribution in [-0.2, 0) is 11.3 Å². The zero-order valence-electron chi connectivity index (χ0n) is 9.17. The third-order valence-electron chi connectivity index (χ3n) is 2.26. The van der Waals surface area contributed by atoms with Gasteiger partial charge in [0.2, 0.25) is 0 Å². The van der Waals surface area contributed by atoms with Gasteiger partial charge in [-0.3, -0.25) is 29.8 Å². The van der Waals surface area contributed by atoms with E-state index in [0.29, 0.717) is 11.7 Å². The van der Waals surface area contributed by atoms with E-state index in [1.165, 1.54) is 22.5 Å². The van der Waals surface area contributed by atoms with Gasteiger partial charge < -0.3 is 5.11 Å². The number of thioether (sulfide) groups is 1. The van der Waals surface area contributed by atoms with Gasteiger partial charge in [0, 0.05) is 18.5 Å². The molecule has 8 nitrogen and oxygen atoms in total. The Kier molecular flexibility index (Phi) is 3.63. The Morgan fingerprint density at radius 1 is 1.50 bits per heavy atom. The lowest BCUT2D eigenvalue weighted by atomic mass is 10.3. The molecule has 0 aliphatic carbocycles. The van der Waals surface area contributed by atoms with Crippen molar-refractivity contribution >= 4 is 23.6 Å². The molecule has 18 heavy (non-hydrogen) atoms. The summed E-state index contributed by atoms with van der Waals surface area (Å²) >= 11 is 1.44. The summed E-state index contributed by atoms with van der Waals surface area (Å²) < 4.78 is 1.41. The molecule has 1 aromatic rings. The molecule has 1 aromatic heterocycles. The summed E-state index contributed by atoms with van der Waals surface area (Å²) in [7, 11) is 0. The van der Waals surface area contributed by atoms with E-state index in [-0.39, 0.29) is 5.56 Å². The van der Waals surface area contributed by atoms with Crippen LogP contribution in [0.25, 0.3) is 0 Å². The average Bonchev–Trinajstić information content (AvgIpc) is 2.85. The van der Waals surface area contributed by atoms with Gasteiger partial charge in [-0.25, -0.2) is 4.98 Å². The SMILES string of the molecule is O=C(CO)NNC(=O)c1cnc2n(c1=O)CCS2. The van der Waals surface area contributed by atoms with Gasteiger partial charge >= 0.3 is 0 Å². The van der Waals surface area contributed by atoms with Crippen molar-refractivity contribution in [3.05, 3.63) is 22.1 Å². The number of fused-ring (bicyclic) bond motifs is 1. The van der Waals surface area contributed by atoms with E-state index in [2.05, 4.69) is 4.98 Å². The summed E-state index contributed by atoms with van der Waals surface area (Å²) in [6.07, 6.45) is 1.17. The zero-order chi connectivity index (χ0) is 13.1. The number of nitrogens with zero attached hydrogens (tertiary/aromatic N) is 2. The largest absolute Gasteiger partial charge is 0.386 e. The second kappa shape index (κ2) is 5.19. The lowest BCUT2D eigenvalue weighted by Crippen LogP contribution is -2.45. The molecule has 3 N–H and O–H groups in total. The van der Waals surface area contributed by atoms with Crippen LogP contribution in [0.2, 0.25) is 0 Å². The quantitative estimate of drug-likeness (QED) is 0.427. The molecule has 0 unspecified atom stereocenters. The van der Waals surface area contributed by atoms with Crippen LogP contribution in [-0.4, -0.2) is 38.8 Å². The third-order valence-corrected chi connectivity index (χ3v) is 3.23. The maximum Gasteiger partial charge on any atom is 0.276 e. The molecule has 2 rings (SSSR count). The Bertz CT molecular complexity index is 556. The van der Waals surface area contributed by atoms with Crippen LogP contribution in [0, 0.1) is 0 Å². The van der Waals surface area contributed by atoms with Gasteiger partial charge in [-0.2, -0.15) is 0 Å². The Hall–Kier alpha value is -1.87. The minimum Gasteiger partial charge on any atom is -0.386 e. The number of aromatic nitrogens is 2. The second-order valence-corrected chi connectivity index (χ2v) is 4.48. The molecule has 96 valence electrons. The molecule has 2 amide bonds. The van der Waals surface area contributed by atoms with Crippen molar-refractivity contribution in [2.75, 3.05) is 12.4 Å². The van der Waals surface area contributed by atoms with Gasteiger partial charge in [0.1, 0.15) is 12.2 Å². The van der Waals surface area contributed by atoms with E-state index in [1.807, 2.05) is 10.9 Å². The molecule has 0 atom stereocenters. The lowest BCUT2D eigenvalue weighted by molar-refractivity contribution is -0.124. The molecular weight excluding hydrogens is 260 g/mol. The van der Waals surface area contributed by atoms with Crippen molar-refractivity contribution in [3.63, 3.8) is 0 Å². The van der Waals surface area contributed by atoms with Crippen molar-refractivity contribution in [2.45, 2.75) is 11.7 Å². The fraction of sp³-hybridized carbons (Fsp3) is 0.333. The summed E-state index contributed by atoms with van der Waals surface area (Å²) in [6, 6.07) is 0. The molecule has 0 radical (unpaired) electrons. The minimum atomic E-state index is -0.770. The van der Waals surface area contributed by atoms with Crippen LogP contribution in [0.4, 0.5) is 0 Å². The van der Waals surface area contributed by atoms with Gasteiger partial charge in [-0.05, 0) is 0 Å². The Balaban J connectivity index is 2.17. The van der Waals surface area contributed by atoms with E-state index in [1.54, 1.807) is 0 Å². The van der Waals surface area contributed by atoms with E-state index < -0.39 is 24.0 Å². The molecule has 0 saturated heterocycles.